The van der Waals surface area contributed by atoms with Crippen LogP contribution in [0.2, 0.25) is 0 Å². The van der Waals surface area contributed by atoms with Gasteiger partial charge in [-0.15, -0.1) is 0 Å². The summed E-state index contributed by atoms with van der Waals surface area (Å²) in [5.74, 6) is 1.78. The molecule has 1 fully saturated rings. The summed E-state index contributed by atoms with van der Waals surface area (Å²) >= 11 is 0. The molecule has 1 aliphatic carbocycles. The minimum atomic E-state index is -0.431. The molecule has 0 spiro atoms. The molecule has 0 aromatic carbocycles. The SMILES string of the molecule is CC(c1nc2c([nH]1)c(=O)[nH]c(=O)n2C)C1CC1. The highest BCUT2D eigenvalue weighted by Gasteiger charge is 2.31. The molecule has 0 bridgehead atoms. The Morgan fingerprint density at radius 3 is 2.71 bits per heavy atom. The fourth-order valence-electron chi connectivity index (χ4n) is 2.16. The Labute approximate surface area is 96.7 Å². The predicted octanol–water partition coefficient (Wildman–Crippen LogP) is 0.463. The molecule has 0 amide bonds. The van der Waals surface area contributed by atoms with Gasteiger partial charge in [-0.05, 0) is 18.8 Å². The minimum Gasteiger partial charge on any atom is -0.336 e. The largest absolute Gasteiger partial charge is 0.336 e. The van der Waals surface area contributed by atoms with E-state index in [1.165, 1.54) is 17.4 Å². The van der Waals surface area contributed by atoms with Crippen molar-refractivity contribution in [1.29, 1.82) is 0 Å². The molecule has 1 saturated carbocycles. The Morgan fingerprint density at radius 2 is 2.06 bits per heavy atom. The molecule has 2 aromatic rings. The van der Waals surface area contributed by atoms with E-state index in [0.29, 0.717) is 23.0 Å². The van der Waals surface area contributed by atoms with E-state index in [2.05, 4.69) is 21.9 Å². The van der Waals surface area contributed by atoms with Gasteiger partial charge in [0.15, 0.2) is 5.65 Å². The highest BCUT2D eigenvalue weighted by Crippen LogP contribution is 2.41. The van der Waals surface area contributed by atoms with Crippen LogP contribution >= 0.6 is 0 Å². The number of hydrogen-bond acceptors (Lipinski definition) is 3. The van der Waals surface area contributed by atoms with Crippen molar-refractivity contribution in [2.75, 3.05) is 0 Å². The van der Waals surface area contributed by atoms with E-state index in [0.717, 1.165) is 5.82 Å². The topological polar surface area (TPSA) is 83.5 Å². The maximum absolute atomic E-state index is 11.6. The van der Waals surface area contributed by atoms with Crippen molar-refractivity contribution in [3.8, 4) is 0 Å². The molecule has 2 N–H and O–H groups in total. The first-order chi connectivity index (χ1) is 8.08. The fourth-order valence-corrected chi connectivity index (χ4v) is 2.16. The lowest BCUT2D eigenvalue weighted by atomic mass is 10.1. The van der Waals surface area contributed by atoms with Crippen molar-refractivity contribution in [2.45, 2.75) is 25.7 Å². The summed E-state index contributed by atoms with van der Waals surface area (Å²) in [4.78, 5) is 32.7. The zero-order valence-electron chi connectivity index (χ0n) is 9.78. The van der Waals surface area contributed by atoms with Crippen LogP contribution in [-0.4, -0.2) is 19.5 Å². The first-order valence-electron chi connectivity index (χ1n) is 5.77. The Hall–Kier alpha value is -1.85. The van der Waals surface area contributed by atoms with Crippen LogP contribution in [0.3, 0.4) is 0 Å². The van der Waals surface area contributed by atoms with Crippen LogP contribution in [-0.2, 0) is 7.05 Å². The van der Waals surface area contributed by atoms with Crippen molar-refractivity contribution >= 4 is 11.2 Å². The molecule has 17 heavy (non-hydrogen) atoms. The Balaban J connectivity index is 2.24. The lowest BCUT2D eigenvalue weighted by molar-refractivity contribution is 0.629. The van der Waals surface area contributed by atoms with Gasteiger partial charge in [-0.1, -0.05) is 6.92 Å². The van der Waals surface area contributed by atoms with Crippen molar-refractivity contribution in [1.82, 2.24) is 19.5 Å². The number of rotatable bonds is 2. The highest BCUT2D eigenvalue weighted by molar-refractivity contribution is 5.69. The molecule has 1 unspecified atom stereocenters. The number of aryl methyl sites for hydroxylation is 1. The molecule has 0 saturated heterocycles. The number of fused-ring (bicyclic) bond motifs is 1. The van der Waals surface area contributed by atoms with E-state index in [4.69, 9.17) is 0 Å². The van der Waals surface area contributed by atoms with Crippen molar-refractivity contribution in [2.24, 2.45) is 13.0 Å². The normalized spacial score (nSPS) is 17.5. The summed E-state index contributed by atoms with van der Waals surface area (Å²) in [5.41, 5.74) is -0.0136. The second-order valence-corrected chi connectivity index (χ2v) is 4.77. The second kappa shape index (κ2) is 3.32. The van der Waals surface area contributed by atoms with Crippen molar-refractivity contribution in [3.05, 3.63) is 26.7 Å². The van der Waals surface area contributed by atoms with Crippen LogP contribution in [0.25, 0.3) is 11.2 Å². The molecule has 90 valence electrons. The van der Waals surface area contributed by atoms with Crippen LogP contribution < -0.4 is 11.2 Å². The van der Waals surface area contributed by atoms with Gasteiger partial charge in [0, 0.05) is 13.0 Å². The molecule has 2 heterocycles. The predicted molar refractivity (Wildman–Crippen MR) is 63.1 cm³/mol. The van der Waals surface area contributed by atoms with E-state index >= 15 is 0 Å². The lowest BCUT2D eigenvalue weighted by Gasteiger charge is -2.03. The fraction of sp³-hybridized carbons (Fsp3) is 0.545. The monoisotopic (exact) mass is 234 g/mol. The second-order valence-electron chi connectivity index (χ2n) is 4.77. The molecule has 0 aliphatic heterocycles. The number of H-pyrrole nitrogens is 2. The molecular weight excluding hydrogens is 220 g/mol. The van der Waals surface area contributed by atoms with E-state index < -0.39 is 11.2 Å². The van der Waals surface area contributed by atoms with Gasteiger partial charge in [-0.3, -0.25) is 14.3 Å². The minimum absolute atomic E-state index is 0.317. The van der Waals surface area contributed by atoms with E-state index in [1.54, 1.807) is 7.05 Å². The Bertz CT molecular complexity index is 690. The zero-order chi connectivity index (χ0) is 12.2. The van der Waals surface area contributed by atoms with Crippen LogP contribution in [0.5, 0.6) is 0 Å². The van der Waals surface area contributed by atoms with E-state index in [9.17, 15) is 9.59 Å². The Morgan fingerprint density at radius 1 is 1.35 bits per heavy atom. The number of nitrogens with one attached hydrogen (secondary N) is 2. The van der Waals surface area contributed by atoms with Crippen LogP contribution in [0.4, 0.5) is 0 Å². The third-order valence-electron chi connectivity index (χ3n) is 3.53. The standard InChI is InChI=1S/C11H14N4O2/c1-5(6-3-4-6)8-12-7-9(13-8)15(2)11(17)14-10(7)16/h5-6H,3-4H2,1-2H3,(H,12,13)(H,14,16,17). The van der Waals surface area contributed by atoms with Gasteiger partial charge in [-0.25, -0.2) is 9.78 Å². The third kappa shape index (κ3) is 1.51. The number of imidazole rings is 1. The summed E-state index contributed by atoms with van der Waals surface area (Å²) in [6.07, 6.45) is 2.43. The summed E-state index contributed by atoms with van der Waals surface area (Å²) in [6.45, 7) is 2.10. The lowest BCUT2D eigenvalue weighted by Crippen LogP contribution is -2.28. The summed E-state index contributed by atoms with van der Waals surface area (Å²) in [5, 5.41) is 0. The molecule has 3 rings (SSSR count). The molecule has 1 aliphatic rings. The number of nitrogens with zero attached hydrogens (tertiary/aromatic N) is 2. The van der Waals surface area contributed by atoms with Crippen molar-refractivity contribution in [3.63, 3.8) is 0 Å². The third-order valence-corrected chi connectivity index (χ3v) is 3.53. The smallest absolute Gasteiger partial charge is 0.329 e. The van der Waals surface area contributed by atoms with Gasteiger partial charge in [0.1, 0.15) is 11.3 Å². The average Bonchev–Trinajstić information content (AvgIpc) is 3.03. The van der Waals surface area contributed by atoms with Gasteiger partial charge in [0.2, 0.25) is 0 Å². The first kappa shape index (κ1) is 10.3. The molecule has 0 radical (unpaired) electrons. The average molecular weight is 234 g/mol. The first-order valence-corrected chi connectivity index (χ1v) is 5.77. The Kier molecular flexibility index (Phi) is 2.01. The maximum atomic E-state index is 11.6. The number of aromatic amines is 2. The van der Waals surface area contributed by atoms with Crippen LogP contribution in [0.15, 0.2) is 9.59 Å². The van der Waals surface area contributed by atoms with Gasteiger partial charge < -0.3 is 4.98 Å². The van der Waals surface area contributed by atoms with E-state index in [1.807, 2.05) is 0 Å². The molecule has 1 atom stereocenters. The highest BCUT2D eigenvalue weighted by atomic mass is 16.2. The van der Waals surface area contributed by atoms with Crippen molar-refractivity contribution < 1.29 is 0 Å². The summed E-state index contributed by atoms with van der Waals surface area (Å²) < 4.78 is 1.36. The molecule has 6 nitrogen and oxygen atoms in total. The van der Waals surface area contributed by atoms with Gasteiger partial charge in [0.05, 0.1) is 0 Å². The molecular formula is C11H14N4O2. The summed E-state index contributed by atoms with van der Waals surface area (Å²) in [6, 6.07) is 0. The van der Waals surface area contributed by atoms with Gasteiger partial charge >= 0.3 is 5.69 Å². The van der Waals surface area contributed by atoms with Gasteiger partial charge in [-0.2, -0.15) is 0 Å². The number of aromatic nitrogens is 4. The zero-order valence-corrected chi connectivity index (χ0v) is 9.78. The van der Waals surface area contributed by atoms with Gasteiger partial charge in [0.25, 0.3) is 5.56 Å². The maximum Gasteiger partial charge on any atom is 0.329 e. The summed E-state index contributed by atoms with van der Waals surface area (Å²) in [7, 11) is 1.60. The van der Waals surface area contributed by atoms with Crippen LogP contribution in [0, 0.1) is 5.92 Å². The quantitative estimate of drug-likeness (QED) is 0.792. The molecule has 6 heteroatoms. The molecule has 2 aromatic heterocycles. The number of hydrogen-bond donors (Lipinski definition) is 2. The van der Waals surface area contributed by atoms with Crippen LogP contribution in [0.1, 0.15) is 31.5 Å². The van der Waals surface area contributed by atoms with E-state index in [-0.39, 0.29) is 0 Å².